The monoisotopic (exact) mass is 250 g/mol. The Morgan fingerprint density at radius 3 is 2.11 bits per heavy atom. The summed E-state index contributed by atoms with van der Waals surface area (Å²) in [6.07, 6.45) is 0.548. The average molecular weight is 250 g/mol. The lowest BCUT2D eigenvalue weighted by Gasteiger charge is -2.36. The van der Waals surface area contributed by atoms with Crippen LogP contribution in [0.15, 0.2) is 24.3 Å². The zero-order valence-corrected chi connectivity index (χ0v) is 10.5. The first-order valence-electron chi connectivity index (χ1n) is 5.46. The molecule has 97 valence electrons. The molecule has 0 heterocycles. The molecule has 0 aliphatic rings. The standard InChI is InChI=1S/C13H16NO4/c1-13(2,3)14(12(17)18)11(8-15)9-4-6-10(16)7-5-9/h4-7,11,16H,1-3H3,(H,17,18). The molecule has 0 saturated carbocycles. The summed E-state index contributed by atoms with van der Waals surface area (Å²) < 4.78 is 0. The van der Waals surface area contributed by atoms with Crippen LogP contribution in [-0.2, 0) is 4.79 Å². The summed E-state index contributed by atoms with van der Waals surface area (Å²) in [4.78, 5) is 23.4. The Morgan fingerprint density at radius 1 is 1.28 bits per heavy atom. The molecule has 1 rings (SSSR count). The molecule has 0 fully saturated rings. The number of phenolic OH excluding ortho intramolecular Hbond substituents is 1. The van der Waals surface area contributed by atoms with Crippen molar-refractivity contribution in [2.24, 2.45) is 0 Å². The second-order valence-electron chi connectivity index (χ2n) is 4.94. The molecule has 1 atom stereocenters. The van der Waals surface area contributed by atoms with E-state index in [0.717, 1.165) is 4.90 Å². The Hall–Kier alpha value is -2.04. The smallest absolute Gasteiger partial charge is 0.408 e. The lowest BCUT2D eigenvalue weighted by molar-refractivity contribution is 0.0869. The topological polar surface area (TPSA) is 77.8 Å². The molecule has 0 saturated heterocycles. The number of phenols is 1. The highest BCUT2D eigenvalue weighted by Gasteiger charge is 2.34. The highest BCUT2D eigenvalue weighted by atomic mass is 16.4. The fourth-order valence-corrected chi connectivity index (χ4v) is 1.71. The molecule has 18 heavy (non-hydrogen) atoms. The molecule has 1 unspecified atom stereocenters. The molecule has 1 aromatic carbocycles. The van der Waals surface area contributed by atoms with Crippen molar-refractivity contribution in [1.29, 1.82) is 0 Å². The molecule has 0 bridgehead atoms. The molecule has 1 radical (unpaired) electrons. The summed E-state index contributed by atoms with van der Waals surface area (Å²) in [6.45, 7) is 5.10. The van der Waals surface area contributed by atoms with Crippen molar-refractivity contribution in [2.75, 3.05) is 0 Å². The number of hydrogen-bond donors (Lipinski definition) is 2. The molecular weight excluding hydrogens is 234 g/mol. The van der Waals surface area contributed by atoms with Gasteiger partial charge in [-0.25, -0.2) is 4.79 Å². The van der Waals surface area contributed by atoms with Gasteiger partial charge in [-0.3, -0.25) is 9.69 Å². The average Bonchev–Trinajstić information content (AvgIpc) is 2.24. The van der Waals surface area contributed by atoms with E-state index >= 15 is 0 Å². The van der Waals surface area contributed by atoms with Crippen LogP contribution in [0.4, 0.5) is 4.79 Å². The zero-order valence-electron chi connectivity index (χ0n) is 10.5. The molecule has 0 aliphatic heterocycles. The van der Waals surface area contributed by atoms with Gasteiger partial charge in [-0.1, -0.05) is 12.1 Å². The Labute approximate surface area is 106 Å². The fraction of sp³-hybridized carbons (Fsp3) is 0.385. The third-order valence-electron chi connectivity index (χ3n) is 2.51. The van der Waals surface area contributed by atoms with Crippen molar-refractivity contribution in [3.05, 3.63) is 29.8 Å². The number of benzene rings is 1. The third-order valence-corrected chi connectivity index (χ3v) is 2.51. The molecule has 0 aliphatic carbocycles. The van der Waals surface area contributed by atoms with Gasteiger partial charge in [-0.2, -0.15) is 0 Å². The Kier molecular flexibility index (Phi) is 3.96. The predicted molar refractivity (Wildman–Crippen MR) is 66.2 cm³/mol. The van der Waals surface area contributed by atoms with Crippen molar-refractivity contribution < 1.29 is 19.8 Å². The first-order valence-corrected chi connectivity index (χ1v) is 5.46. The summed E-state index contributed by atoms with van der Waals surface area (Å²) in [5.41, 5.74) is -0.258. The molecule has 0 spiro atoms. The van der Waals surface area contributed by atoms with Crippen molar-refractivity contribution in [1.82, 2.24) is 4.90 Å². The van der Waals surface area contributed by atoms with Crippen LogP contribution < -0.4 is 0 Å². The Bertz CT molecular complexity index is 433. The van der Waals surface area contributed by atoms with Crippen LogP contribution in [0.25, 0.3) is 0 Å². The minimum absolute atomic E-state index is 0.0565. The SMILES string of the molecule is CC(C)(C)N(C(=O)O)C([C]=O)c1ccc(O)cc1. The van der Waals surface area contributed by atoms with Gasteiger partial charge >= 0.3 is 6.09 Å². The van der Waals surface area contributed by atoms with E-state index in [2.05, 4.69) is 0 Å². The van der Waals surface area contributed by atoms with Gasteiger partial charge in [0.15, 0.2) is 0 Å². The number of carbonyl (C=O) groups is 1. The molecule has 1 amide bonds. The van der Waals surface area contributed by atoms with Gasteiger partial charge in [-0.05, 0) is 38.5 Å². The summed E-state index contributed by atoms with van der Waals surface area (Å²) in [6, 6.07) is 4.81. The minimum Gasteiger partial charge on any atom is -0.508 e. The van der Waals surface area contributed by atoms with E-state index < -0.39 is 17.7 Å². The first-order chi connectivity index (χ1) is 8.27. The number of rotatable bonds is 3. The van der Waals surface area contributed by atoms with Crippen LogP contribution in [-0.4, -0.2) is 33.0 Å². The number of carboxylic acid groups (broad SMARTS) is 1. The quantitative estimate of drug-likeness (QED) is 0.863. The Morgan fingerprint density at radius 2 is 1.78 bits per heavy atom. The van der Waals surface area contributed by atoms with Gasteiger partial charge in [0.1, 0.15) is 11.8 Å². The summed E-state index contributed by atoms with van der Waals surface area (Å²) in [5.74, 6) is 0.0565. The van der Waals surface area contributed by atoms with E-state index in [-0.39, 0.29) is 5.75 Å². The number of hydrogen-bond acceptors (Lipinski definition) is 3. The van der Waals surface area contributed by atoms with Crippen LogP contribution in [0.1, 0.15) is 32.4 Å². The highest BCUT2D eigenvalue weighted by Crippen LogP contribution is 2.27. The molecular formula is C13H16NO4. The fourth-order valence-electron chi connectivity index (χ4n) is 1.71. The van der Waals surface area contributed by atoms with Crippen LogP contribution >= 0.6 is 0 Å². The first kappa shape index (κ1) is 14.0. The normalized spacial score (nSPS) is 12.8. The van der Waals surface area contributed by atoms with E-state index in [0.29, 0.717) is 5.56 Å². The molecule has 5 heteroatoms. The van der Waals surface area contributed by atoms with Gasteiger partial charge in [0.05, 0.1) is 0 Å². The number of nitrogens with zero attached hydrogens (tertiary/aromatic N) is 1. The largest absolute Gasteiger partial charge is 0.508 e. The van der Waals surface area contributed by atoms with Crippen molar-refractivity contribution in [2.45, 2.75) is 32.4 Å². The molecule has 0 aromatic heterocycles. The van der Waals surface area contributed by atoms with E-state index in [1.807, 2.05) is 0 Å². The number of carbonyl (C=O) groups excluding carboxylic acids is 1. The zero-order chi connectivity index (χ0) is 13.9. The Balaban J connectivity index is 3.18. The second kappa shape index (κ2) is 5.08. The van der Waals surface area contributed by atoms with E-state index in [9.17, 15) is 19.8 Å². The van der Waals surface area contributed by atoms with Gasteiger partial charge in [0.2, 0.25) is 6.29 Å². The summed E-state index contributed by atoms with van der Waals surface area (Å²) in [7, 11) is 0. The summed E-state index contributed by atoms with van der Waals surface area (Å²) >= 11 is 0. The van der Waals surface area contributed by atoms with Crippen LogP contribution in [0.2, 0.25) is 0 Å². The lowest BCUT2D eigenvalue weighted by atomic mass is 9.99. The van der Waals surface area contributed by atoms with Crippen LogP contribution in [0, 0.1) is 0 Å². The van der Waals surface area contributed by atoms with E-state index in [4.69, 9.17) is 0 Å². The number of amides is 1. The molecule has 1 aromatic rings. The minimum atomic E-state index is -1.19. The maximum atomic E-state index is 11.3. The predicted octanol–water partition coefficient (Wildman–Crippen LogP) is 2.32. The highest BCUT2D eigenvalue weighted by molar-refractivity contribution is 5.74. The summed E-state index contributed by atoms with van der Waals surface area (Å²) in [5, 5.41) is 18.4. The van der Waals surface area contributed by atoms with Crippen LogP contribution in [0.3, 0.4) is 0 Å². The maximum absolute atomic E-state index is 11.3. The molecule has 2 N–H and O–H groups in total. The van der Waals surface area contributed by atoms with Crippen LogP contribution in [0.5, 0.6) is 5.75 Å². The van der Waals surface area contributed by atoms with E-state index in [1.54, 1.807) is 27.1 Å². The van der Waals surface area contributed by atoms with Crippen molar-refractivity contribution >= 4 is 12.4 Å². The number of aromatic hydroxyl groups is 1. The van der Waals surface area contributed by atoms with Crippen molar-refractivity contribution in [3.8, 4) is 5.75 Å². The van der Waals surface area contributed by atoms with Gasteiger partial charge in [-0.15, -0.1) is 0 Å². The van der Waals surface area contributed by atoms with E-state index in [1.165, 1.54) is 24.3 Å². The van der Waals surface area contributed by atoms with Crippen molar-refractivity contribution in [3.63, 3.8) is 0 Å². The molecule has 5 nitrogen and oxygen atoms in total. The van der Waals surface area contributed by atoms with Gasteiger partial charge in [0, 0.05) is 5.54 Å². The maximum Gasteiger partial charge on any atom is 0.408 e. The van der Waals surface area contributed by atoms with Gasteiger partial charge < -0.3 is 10.2 Å². The second-order valence-corrected chi connectivity index (χ2v) is 4.94. The lowest BCUT2D eigenvalue weighted by Crippen LogP contribution is -2.47. The van der Waals surface area contributed by atoms with Gasteiger partial charge in [0.25, 0.3) is 0 Å². The third kappa shape index (κ3) is 3.00.